The van der Waals surface area contributed by atoms with E-state index in [-0.39, 0.29) is 0 Å². The smallest absolute Gasteiger partial charge is 0.0592 e. The van der Waals surface area contributed by atoms with Crippen LogP contribution in [-0.2, 0) is 0 Å². The van der Waals surface area contributed by atoms with E-state index in [2.05, 4.69) is 36.8 Å². The van der Waals surface area contributed by atoms with Crippen molar-refractivity contribution >= 4 is 21.6 Å². The van der Waals surface area contributed by atoms with E-state index in [1.165, 1.54) is 5.69 Å². The van der Waals surface area contributed by atoms with Crippen LogP contribution in [0, 0.1) is 0 Å². The third kappa shape index (κ3) is 3.40. The van der Waals surface area contributed by atoms with Gasteiger partial charge in [-0.1, -0.05) is 0 Å². The summed E-state index contributed by atoms with van der Waals surface area (Å²) in [5.41, 5.74) is 6.78. The van der Waals surface area contributed by atoms with Crippen LogP contribution in [0.4, 0.5) is 5.69 Å². The fourth-order valence-electron chi connectivity index (χ4n) is 2.15. The Kier molecular flexibility index (Phi) is 4.76. The van der Waals surface area contributed by atoms with Crippen LogP contribution in [0.5, 0.6) is 0 Å². The lowest BCUT2D eigenvalue weighted by Gasteiger charge is -2.36. The zero-order chi connectivity index (χ0) is 12.1. The molecule has 5 heteroatoms. The Hall–Kier alpha value is -0.650. The van der Waals surface area contributed by atoms with Crippen molar-refractivity contribution in [1.29, 1.82) is 0 Å². The van der Waals surface area contributed by atoms with Crippen LogP contribution in [0.3, 0.4) is 0 Å². The molecule has 2 N–H and O–H groups in total. The Morgan fingerprint density at radius 2 is 2.06 bits per heavy atom. The topological polar surface area (TPSA) is 45.4 Å². The molecule has 1 aromatic rings. The van der Waals surface area contributed by atoms with Gasteiger partial charge in [0.15, 0.2) is 0 Å². The maximum absolute atomic E-state index is 5.53. The summed E-state index contributed by atoms with van der Waals surface area (Å²) in [6, 6.07) is 2.07. The molecule has 0 bridgehead atoms. The van der Waals surface area contributed by atoms with Crippen molar-refractivity contribution in [3.63, 3.8) is 0 Å². The molecule has 0 radical (unpaired) electrons. The third-order valence-electron chi connectivity index (χ3n) is 3.14. The number of nitrogens with zero attached hydrogens (tertiary/aromatic N) is 3. The van der Waals surface area contributed by atoms with E-state index < -0.39 is 0 Å². The first-order chi connectivity index (χ1) is 8.31. The molecule has 17 heavy (non-hydrogen) atoms. The molecule has 0 amide bonds. The van der Waals surface area contributed by atoms with Gasteiger partial charge in [0.2, 0.25) is 0 Å². The third-order valence-corrected chi connectivity index (χ3v) is 3.75. The first kappa shape index (κ1) is 12.8. The summed E-state index contributed by atoms with van der Waals surface area (Å²) in [6.45, 7) is 6.31. The number of pyridine rings is 1. The molecule has 94 valence electrons. The van der Waals surface area contributed by atoms with Crippen LogP contribution >= 0.6 is 15.9 Å². The second-order valence-electron chi connectivity index (χ2n) is 4.30. The van der Waals surface area contributed by atoms with E-state index in [0.29, 0.717) is 0 Å². The summed E-state index contributed by atoms with van der Waals surface area (Å²) in [5, 5.41) is 0. The van der Waals surface area contributed by atoms with Gasteiger partial charge in [-0.15, -0.1) is 0 Å². The molecule has 0 saturated carbocycles. The number of piperazine rings is 1. The summed E-state index contributed by atoms with van der Waals surface area (Å²) in [6.07, 6.45) is 4.80. The Morgan fingerprint density at radius 3 is 2.71 bits per heavy atom. The molecule has 0 spiro atoms. The van der Waals surface area contributed by atoms with Gasteiger partial charge in [-0.2, -0.15) is 0 Å². The van der Waals surface area contributed by atoms with Crippen LogP contribution in [0.25, 0.3) is 0 Å². The molecule has 1 aliphatic heterocycles. The summed E-state index contributed by atoms with van der Waals surface area (Å²) in [5.74, 6) is 0. The highest BCUT2D eigenvalue weighted by Gasteiger charge is 2.17. The van der Waals surface area contributed by atoms with E-state index in [9.17, 15) is 0 Å². The van der Waals surface area contributed by atoms with Gasteiger partial charge in [-0.3, -0.25) is 9.88 Å². The molecule has 0 aromatic carbocycles. The quantitative estimate of drug-likeness (QED) is 0.910. The number of rotatable bonds is 4. The van der Waals surface area contributed by atoms with Crippen LogP contribution in [0.2, 0.25) is 0 Å². The lowest BCUT2D eigenvalue weighted by Crippen LogP contribution is -2.47. The van der Waals surface area contributed by atoms with E-state index >= 15 is 0 Å². The first-order valence-corrected chi connectivity index (χ1v) is 6.87. The first-order valence-electron chi connectivity index (χ1n) is 6.08. The van der Waals surface area contributed by atoms with Crippen molar-refractivity contribution < 1.29 is 0 Å². The molecular weight excluding hydrogens is 280 g/mol. The van der Waals surface area contributed by atoms with Crippen molar-refractivity contribution in [2.45, 2.75) is 6.42 Å². The van der Waals surface area contributed by atoms with E-state index in [1.807, 2.05) is 12.4 Å². The molecule has 0 unspecified atom stereocenters. The fraction of sp³-hybridized carbons (Fsp3) is 0.583. The molecule has 0 atom stereocenters. The normalized spacial score (nSPS) is 17.4. The number of anilines is 1. The Balaban J connectivity index is 1.89. The average Bonchev–Trinajstić information content (AvgIpc) is 2.38. The van der Waals surface area contributed by atoms with Gasteiger partial charge in [-0.05, 0) is 41.5 Å². The standard InChI is InChI=1S/C12H19BrN4/c13-11-10-15-4-2-12(11)17-8-6-16(7-9-17)5-1-3-14/h2,4,10H,1,3,5-9,14H2. The van der Waals surface area contributed by atoms with Crippen molar-refractivity contribution in [3.05, 3.63) is 22.9 Å². The lowest BCUT2D eigenvalue weighted by molar-refractivity contribution is 0.256. The highest BCUT2D eigenvalue weighted by atomic mass is 79.9. The fourth-order valence-corrected chi connectivity index (χ4v) is 2.65. The number of nitrogens with two attached hydrogens (primary N) is 1. The molecule has 1 aromatic heterocycles. The summed E-state index contributed by atoms with van der Waals surface area (Å²) < 4.78 is 1.08. The van der Waals surface area contributed by atoms with Crippen molar-refractivity contribution in [2.24, 2.45) is 5.73 Å². The number of hydrogen-bond donors (Lipinski definition) is 1. The van der Waals surface area contributed by atoms with Crippen molar-refractivity contribution in [1.82, 2.24) is 9.88 Å². The van der Waals surface area contributed by atoms with Gasteiger partial charge in [0.1, 0.15) is 0 Å². The maximum atomic E-state index is 5.53. The van der Waals surface area contributed by atoms with Gasteiger partial charge in [0, 0.05) is 38.6 Å². The van der Waals surface area contributed by atoms with Crippen LogP contribution < -0.4 is 10.6 Å². The highest BCUT2D eigenvalue weighted by molar-refractivity contribution is 9.10. The van der Waals surface area contributed by atoms with E-state index in [0.717, 1.165) is 50.2 Å². The second kappa shape index (κ2) is 6.33. The van der Waals surface area contributed by atoms with Crippen LogP contribution in [0.1, 0.15) is 6.42 Å². The summed E-state index contributed by atoms with van der Waals surface area (Å²) in [7, 11) is 0. The average molecular weight is 299 g/mol. The molecule has 4 nitrogen and oxygen atoms in total. The van der Waals surface area contributed by atoms with Crippen LogP contribution in [-0.4, -0.2) is 49.2 Å². The predicted molar refractivity (Wildman–Crippen MR) is 74.3 cm³/mol. The zero-order valence-corrected chi connectivity index (χ0v) is 11.6. The molecule has 2 heterocycles. The largest absolute Gasteiger partial charge is 0.368 e. The van der Waals surface area contributed by atoms with Crippen molar-refractivity contribution in [3.8, 4) is 0 Å². The zero-order valence-electron chi connectivity index (χ0n) is 9.98. The van der Waals surface area contributed by atoms with Crippen molar-refractivity contribution in [2.75, 3.05) is 44.2 Å². The molecule has 1 fully saturated rings. The van der Waals surface area contributed by atoms with Gasteiger partial charge in [0.05, 0.1) is 10.2 Å². The minimum absolute atomic E-state index is 0.788. The van der Waals surface area contributed by atoms with Gasteiger partial charge in [-0.25, -0.2) is 0 Å². The monoisotopic (exact) mass is 298 g/mol. The second-order valence-corrected chi connectivity index (χ2v) is 5.15. The van der Waals surface area contributed by atoms with Gasteiger partial charge in [0.25, 0.3) is 0 Å². The number of hydrogen-bond acceptors (Lipinski definition) is 4. The van der Waals surface area contributed by atoms with Gasteiger partial charge >= 0.3 is 0 Å². The molecule has 1 saturated heterocycles. The molecular formula is C12H19BrN4. The summed E-state index contributed by atoms with van der Waals surface area (Å²) in [4.78, 5) is 8.99. The Morgan fingerprint density at radius 1 is 1.29 bits per heavy atom. The van der Waals surface area contributed by atoms with E-state index in [1.54, 1.807) is 0 Å². The SMILES string of the molecule is NCCCN1CCN(c2ccncc2Br)CC1. The maximum Gasteiger partial charge on any atom is 0.0592 e. The molecule has 0 aliphatic carbocycles. The lowest BCUT2D eigenvalue weighted by atomic mass is 10.2. The number of aromatic nitrogens is 1. The van der Waals surface area contributed by atoms with Crippen LogP contribution in [0.15, 0.2) is 22.9 Å². The Bertz CT molecular complexity index is 350. The predicted octanol–water partition coefficient (Wildman–Crippen LogP) is 1.31. The molecule has 2 rings (SSSR count). The minimum Gasteiger partial charge on any atom is -0.368 e. The summed E-state index contributed by atoms with van der Waals surface area (Å²) >= 11 is 3.55. The highest BCUT2D eigenvalue weighted by Crippen LogP contribution is 2.25. The van der Waals surface area contributed by atoms with Gasteiger partial charge < -0.3 is 10.6 Å². The number of halogens is 1. The van der Waals surface area contributed by atoms with E-state index in [4.69, 9.17) is 5.73 Å². The molecule has 1 aliphatic rings. The Labute approximate surface area is 111 Å². The minimum atomic E-state index is 0.788.